The molecule has 2 rings (SSSR count). The van der Waals surface area contributed by atoms with Crippen LogP contribution in [0.1, 0.15) is 29.2 Å². The summed E-state index contributed by atoms with van der Waals surface area (Å²) in [6.07, 6.45) is 0.486. The Balaban J connectivity index is 2.21. The second-order valence-electron chi connectivity index (χ2n) is 4.78. The van der Waals surface area contributed by atoms with Crippen LogP contribution in [0, 0.1) is 0 Å². The third kappa shape index (κ3) is 4.53. The number of aliphatic carboxylic acids is 1. The van der Waals surface area contributed by atoms with Crippen LogP contribution in [-0.4, -0.2) is 21.0 Å². The Morgan fingerprint density at radius 2 is 1.43 bits per heavy atom. The summed E-state index contributed by atoms with van der Waals surface area (Å²) < 4.78 is 12.6. The standard InChI is InChI=1S/C17H18O3S/c18-16(19)12-7-13-21(20)17(14-8-3-1-4-9-14)15-10-5-2-6-11-15/h1-6,8-11,17H,7,12-13H2,(H,18,19). The quantitative estimate of drug-likeness (QED) is 0.853. The second kappa shape index (κ2) is 7.74. The molecular weight excluding hydrogens is 284 g/mol. The van der Waals surface area contributed by atoms with E-state index in [0.717, 1.165) is 11.1 Å². The molecule has 110 valence electrons. The topological polar surface area (TPSA) is 54.4 Å². The van der Waals surface area contributed by atoms with Gasteiger partial charge in [0, 0.05) is 23.0 Å². The van der Waals surface area contributed by atoms with Gasteiger partial charge >= 0.3 is 5.97 Å². The predicted molar refractivity (Wildman–Crippen MR) is 84.6 cm³/mol. The van der Waals surface area contributed by atoms with Crippen molar-refractivity contribution in [2.45, 2.75) is 18.1 Å². The number of rotatable bonds is 7. The highest BCUT2D eigenvalue weighted by Crippen LogP contribution is 2.28. The third-order valence-corrected chi connectivity index (χ3v) is 4.96. The minimum Gasteiger partial charge on any atom is -0.481 e. The lowest BCUT2D eigenvalue weighted by Gasteiger charge is -2.17. The van der Waals surface area contributed by atoms with Gasteiger partial charge in [0.05, 0.1) is 5.25 Å². The van der Waals surface area contributed by atoms with E-state index < -0.39 is 16.8 Å². The fraction of sp³-hybridized carbons (Fsp3) is 0.235. The van der Waals surface area contributed by atoms with Crippen LogP contribution < -0.4 is 0 Å². The summed E-state index contributed by atoms with van der Waals surface area (Å²) in [7, 11) is -1.14. The van der Waals surface area contributed by atoms with Gasteiger partial charge in [-0.1, -0.05) is 60.7 Å². The van der Waals surface area contributed by atoms with Crippen molar-refractivity contribution in [2.75, 3.05) is 5.75 Å². The van der Waals surface area contributed by atoms with Crippen molar-refractivity contribution in [3.8, 4) is 0 Å². The number of carboxylic acid groups (broad SMARTS) is 1. The van der Waals surface area contributed by atoms with E-state index in [-0.39, 0.29) is 11.7 Å². The molecule has 0 radical (unpaired) electrons. The average molecular weight is 302 g/mol. The number of hydrogen-bond acceptors (Lipinski definition) is 2. The summed E-state index contributed by atoms with van der Waals surface area (Å²) in [5, 5.41) is 8.49. The molecule has 0 fully saturated rings. The van der Waals surface area contributed by atoms with Crippen molar-refractivity contribution < 1.29 is 14.1 Å². The largest absolute Gasteiger partial charge is 0.481 e. The van der Waals surface area contributed by atoms with Gasteiger partial charge in [-0.25, -0.2) is 0 Å². The molecule has 0 heterocycles. The Labute approximate surface area is 127 Å². The fourth-order valence-corrected chi connectivity index (χ4v) is 3.82. The molecule has 0 amide bonds. The minimum absolute atomic E-state index is 0.0576. The molecule has 21 heavy (non-hydrogen) atoms. The molecule has 2 aromatic rings. The summed E-state index contributed by atoms with van der Waals surface area (Å²) in [4.78, 5) is 10.6. The van der Waals surface area contributed by atoms with Crippen LogP contribution in [0.15, 0.2) is 60.7 Å². The van der Waals surface area contributed by atoms with Crippen molar-refractivity contribution in [3.05, 3.63) is 71.8 Å². The zero-order valence-electron chi connectivity index (χ0n) is 11.6. The Kier molecular flexibility index (Phi) is 5.69. The molecule has 0 saturated carbocycles. The molecule has 0 aliphatic carbocycles. The van der Waals surface area contributed by atoms with Gasteiger partial charge < -0.3 is 5.11 Å². The van der Waals surface area contributed by atoms with Gasteiger partial charge in [-0.2, -0.15) is 0 Å². The van der Waals surface area contributed by atoms with Crippen molar-refractivity contribution >= 4 is 16.8 Å². The smallest absolute Gasteiger partial charge is 0.303 e. The van der Waals surface area contributed by atoms with Crippen molar-refractivity contribution in [1.29, 1.82) is 0 Å². The predicted octanol–water partition coefficient (Wildman–Crippen LogP) is 3.39. The molecule has 1 N–H and O–H groups in total. The highest BCUT2D eigenvalue weighted by atomic mass is 32.2. The van der Waals surface area contributed by atoms with E-state index in [1.165, 1.54) is 0 Å². The molecule has 0 aliphatic heterocycles. The Bertz CT molecular complexity index is 556. The molecule has 1 unspecified atom stereocenters. The van der Waals surface area contributed by atoms with Gasteiger partial charge in [0.2, 0.25) is 0 Å². The summed E-state index contributed by atoms with van der Waals surface area (Å²) >= 11 is 0. The first kappa shape index (κ1) is 15.4. The first-order chi connectivity index (χ1) is 10.2. The molecule has 2 aromatic carbocycles. The SMILES string of the molecule is O=C(O)CCCS(=O)C(c1ccccc1)c1ccccc1. The minimum atomic E-state index is -1.14. The van der Waals surface area contributed by atoms with Gasteiger partial charge in [-0.05, 0) is 17.5 Å². The highest BCUT2D eigenvalue weighted by molar-refractivity contribution is 7.85. The third-order valence-electron chi connectivity index (χ3n) is 3.20. The molecule has 4 heteroatoms. The summed E-state index contributed by atoms with van der Waals surface area (Å²) in [6, 6.07) is 19.4. The number of carbonyl (C=O) groups is 1. The number of carboxylic acids is 1. The van der Waals surface area contributed by atoms with Crippen molar-refractivity contribution in [3.63, 3.8) is 0 Å². The van der Waals surface area contributed by atoms with Gasteiger partial charge in [0.1, 0.15) is 0 Å². The summed E-state index contributed by atoms with van der Waals surface area (Å²) in [5.41, 5.74) is 2.00. The molecule has 0 spiro atoms. The highest BCUT2D eigenvalue weighted by Gasteiger charge is 2.20. The molecule has 0 aliphatic rings. The van der Waals surface area contributed by atoms with E-state index in [2.05, 4.69) is 0 Å². The molecule has 0 bridgehead atoms. The lowest BCUT2D eigenvalue weighted by molar-refractivity contribution is -0.137. The van der Waals surface area contributed by atoms with Crippen molar-refractivity contribution in [2.24, 2.45) is 0 Å². The van der Waals surface area contributed by atoms with Gasteiger partial charge in [0.15, 0.2) is 0 Å². The van der Waals surface area contributed by atoms with Crippen LogP contribution in [0.5, 0.6) is 0 Å². The number of benzene rings is 2. The molecule has 3 nitrogen and oxygen atoms in total. The van der Waals surface area contributed by atoms with Crippen LogP contribution in [-0.2, 0) is 15.6 Å². The van der Waals surface area contributed by atoms with Gasteiger partial charge in [0.25, 0.3) is 0 Å². The van der Waals surface area contributed by atoms with Gasteiger partial charge in [-0.3, -0.25) is 9.00 Å². The summed E-state index contributed by atoms with van der Waals surface area (Å²) in [5.74, 6) is -0.455. The maximum absolute atomic E-state index is 12.6. The molecule has 0 aromatic heterocycles. The lowest BCUT2D eigenvalue weighted by Crippen LogP contribution is -2.12. The Morgan fingerprint density at radius 1 is 0.952 bits per heavy atom. The monoisotopic (exact) mass is 302 g/mol. The Hall–Kier alpha value is -1.94. The maximum Gasteiger partial charge on any atom is 0.303 e. The first-order valence-corrected chi connectivity index (χ1v) is 8.25. The normalized spacial score (nSPS) is 12.2. The Morgan fingerprint density at radius 3 is 1.86 bits per heavy atom. The van der Waals surface area contributed by atoms with Crippen molar-refractivity contribution in [1.82, 2.24) is 0 Å². The van der Waals surface area contributed by atoms with E-state index in [4.69, 9.17) is 5.11 Å². The fourth-order valence-electron chi connectivity index (χ4n) is 2.24. The number of hydrogen-bond donors (Lipinski definition) is 1. The molecule has 1 atom stereocenters. The van der Waals surface area contributed by atoms with Crippen LogP contribution in [0.3, 0.4) is 0 Å². The van der Waals surface area contributed by atoms with Crippen LogP contribution >= 0.6 is 0 Å². The van der Waals surface area contributed by atoms with E-state index in [0.29, 0.717) is 12.2 Å². The van der Waals surface area contributed by atoms with E-state index in [9.17, 15) is 9.00 Å². The lowest BCUT2D eigenvalue weighted by atomic mass is 10.0. The molecule has 0 saturated heterocycles. The maximum atomic E-state index is 12.6. The zero-order chi connectivity index (χ0) is 15.1. The zero-order valence-corrected chi connectivity index (χ0v) is 12.5. The van der Waals surface area contributed by atoms with Crippen LogP contribution in [0.25, 0.3) is 0 Å². The van der Waals surface area contributed by atoms with Crippen LogP contribution in [0.2, 0.25) is 0 Å². The van der Waals surface area contributed by atoms with Gasteiger partial charge in [-0.15, -0.1) is 0 Å². The first-order valence-electron chi connectivity index (χ1n) is 6.87. The molecular formula is C17H18O3S. The van der Waals surface area contributed by atoms with Crippen LogP contribution in [0.4, 0.5) is 0 Å². The van der Waals surface area contributed by atoms with E-state index in [1.54, 1.807) is 0 Å². The second-order valence-corrected chi connectivity index (χ2v) is 6.42. The van der Waals surface area contributed by atoms with E-state index in [1.807, 2.05) is 60.7 Å². The average Bonchev–Trinajstić information content (AvgIpc) is 2.49. The summed E-state index contributed by atoms with van der Waals surface area (Å²) in [6.45, 7) is 0. The van der Waals surface area contributed by atoms with E-state index >= 15 is 0 Å².